The van der Waals surface area contributed by atoms with Crippen LogP contribution in [-0.4, -0.2) is 55.4 Å². The largest absolute Gasteiger partial charge is 0.330 e. The fraction of sp³-hybridized carbons (Fsp3) is 0.875. The molecule has 0 aromatic rings. The lowest BCUT2D eigenvalue weighted by atomic mass is 10.3. The van der Waals surface area contributed by atoms with Crippen LogP contribution in [0.15, 0.2) is 0 Å². The van der Waals surface area contributed by atoms with Crippen LogP contribution in [0.25, 0.3) is 0 Å². The predicted octanol–water partition coefficient (Wildman–Crippen LogP) is -0.719. The fourth-order valence-corrected chi connectivity index (χ4v) is 4.32. The molecule has 2 N–H and O–H groups in total. The third-order valence-corrected chi connectivity index (χ3v) is 4.90. The molecule has 0 bridgehead atoms. The molecule has 0 saturated carbocycles. The Morgan fingerprint density at radius 1 is 1.60 bits per heavy atom. The van der Waals surface area contributed by atoms with Gasteiger partial charge in [0.05, 0.1) is 0 Å². The molecule has 7 heteroatoms. The first-order valence-electron chi connectivity index (χ1n) is 4.73. The van der Waals surface area contributed by atoms with Crippen LogP contribution in [-0.2, 0) is 14.6 Å². The van der Waals surface area contributed by atoms with Gasteiger partial charge in [-0.05, 0) is 0 Å². The maximum absolute atomic E-state index is 11.6. The Morgan fingerprint density at radius 2 is 2.27 bits per heavy atom. The van der Waals surface area contributed by atoms with Gasteiger partial charge in [-0.15, -0.1) is 0 Å². The number of nitrogens with zero attached hydrogens (tertiary/aromatic N) is 1. The summed E-state index contributed by atoms with van der Waals surface area (Å²) < 4.78 is 22.9. The molecule has 0 aliphatic carbocycles. The zero-order chi connectivity index (χ0) is 11.5. The molecule has 1 amide bonds. The summed E-state index contributed by atoms with van der Waals surface area (Å²) >= 11 is 1.56. The number of nitrogens with two attached hydrogens (primary N) is 1. The summed E-state index contributed by atoms with van der Waals surface area (Å²) in [6.07, 6.45) is 1.39. The zero-order valence-corrected chi connectivity index (χ0v) is 10.3. The lowest BCUT2D eigenvalue weighted by Crippen LogP contribution is -2.50. The minimum atomic E-state index is -3.19. The van der Waals surface area contributed by atoms with Crippen LogP contribution in [0, 0.1) is 0 Å². The molecule has 0 radical (unpaired) electrons. The molecule has 1 aliphatic heterocycles. The number of hydrogen-bond acceptors (Lipinski definition) is 5. The van der Waals surface area contributed by atoms with Crippen molar-refractivity contribution in [3.05, 3.63) is 0 Å². The van der Waals surface area contributed by atoms with Crippen LogP contribution in [0.4, 0.5) is 0 Å². The quantitative estimate of drug-likeness (QED) is 0.717. The summed E-state index contributed by atoms with van der Waals surface area (Å²) in [5.74, 6) is 1.10. The van der Waals surface area contributed by atoms with Gasteiger partial charge < -0.3 is 10.6 Å². The van der Waals surface area contributed by atoms with E-state index in [2.05, 4.69) is 0 Å². The molecule has 0 aromatic heterocycles. The molecule has 0 aromatic carbocycles. The van der Waals surface area contributed by atoms with E-state index in [0.29, 0.717) is 12.3 Å². The number of carbonyl (C=O) groups excluding carboxylic acids is 1. The maximum Gasteiger partial charge on any atom is 0.224 e. The van der Waals surface area contributed by atoms with Gasteiger partial charge in [0.15, 0.2) is 9.84 Å². The van der Waals surface area contributed by atoms with Gasteiger partial charge in [-0.25, -0.2) is 8.42 Å². The molecular weight excluding hydrogens is 236 g/mol. The highest BCUT2D eigenvalue weighted by Gasteiger charge is 2.33. The Hall–Kier alpha value is -0.270. The SMILES string of the molecule is CS(=O)(=O)C1CSCCN1C(=O)CCN. The zero-order valence-electron chi connectivity index (χ0n) is 8.68. The Kier molecular flexibility index (Phi) is 4.42. The normalized spacial score (nSPS) is 22.8. The van der Waals surface area contributed by atoms with Crippen molar-refractivity contribution >= 4 is 27.5 Å². The summed E-state index contributed by atoms with van der Waals surface area (Å²) in [4.78, 5) is 13.1. The van der Waals surface area contributed by atoms with Gasteiger partial charge in [-0.1, -0.05) is 0 Å². The standard InChI is InChI=1S/C8H16N2O3S2/c1-15(12,13)8-6-14-5-4-10(8)7(11)2-3-9/h8H,2-6,9H2,1H3. The van der Waals surface area contributed by atoms with Gasteiger partial charge in [0.25, 0.3) is 0 Å². The van der Waals surface area contributed by atoms with E-state index in [-0.39, 0.29) is 18.9 Å². The second kappa shape index (κ2) is 5.18. The molecule has 1 unspecified atom stereocenters. The van der Waals surface area contributed by atoms with Gasteiger partial charge in [-0.2, -0.15) is 11.8 Å². The van der Waals surface area contributed by atoms with Crippen molar-refractivity contribution < 1.29 is 13.2 Å². The van der Waals surface area contributed by atoms with E-state index in [1.165, 1.54) is 11.2 Å². The lowest BCUT2D eigenvalue weighted by Gasteiger charge is -2.34. The van der Waals surface area contributed by atoms with Crippen molar-refractivity contribution in [2.75, 3.05) is 30.9 Å². The Morgan fingerprint density at radius 3 is 2.80 bits per heavy atom. The molecule has 1 atom stereocenters. The molecule has 1 fully saturated rings. The van der Waals surface area contributed by atoms with Gasteiger partial charge in [0, 0.05) is 37.3 Å². The molecule has 0 spiro atoms. The van der Waals surface area contributed by atoms with E-state index in [9.17, 15) is 13.2 Å². The third-order valence-electron chi connectivity index (χ3n) is 2.26. The van der Waals surface area contributed by atoms with Crippen molar-refractivity contribution in [1.29, 1.82) is 0 Å². The van der Waals surface area contributed by atoms with Crippen molar-refractivity contribution in [3.63, 3.8) is 0 Å². The number of thioether (sulfide) groups is 1. The maximum atomic E-state index is 11.6. The van der Waals surface area contributed by atoms with E-state index < -0.39 is 15.2 Å². The first-order valence-corrected chi connectivity index (χ1v) is 7.84. The Balaban J connectivity index is 2.79. The fourth-order valence-electron chi connectivity index (χ4n) is 1.49. The van der Waals surface area contributed by atoms with E-state index in [1.54, 1.807) is 11.8 Å². The van der Waals surface area contributed by atoms with Gasteiger partial charge >= 0.3 is 0 Å². The summed E-state index contributed by atoms with van der Waals surface area (Å²) in [6, 6.07) is 0. The lowest BCUT2D eigenvalue weighted by molar-refractivity contribution is -0.131. The van der Waals surface area contributed by atoms with Crippen molar-refractivity contribution in [3.8, 4) is 0 Å². The predicted molar refractivity (Wildman–Crippen MR) is 61.3 cm³/mol. The van der Waals surface area contributed by atoms with E-state index in [1.807, 2.05) is 0 Å². The topological polar surface area (TPSA) is 80.5 Å². The highest BCUT2D eigenvalue weighted by Crippen LogP contribution is 2.20. The summed E-state index contributed by atoms with van der Waals surface area (Å²) in [7, 11) is -3.19. The minimum Gasteiger partial charge on any atom is -0.330 e. The van der Waals surface area contributed by atoms with Crippen LogP contribution in [0.2, 0.25) is 0 Å². The minimum absolute atomic E-state index is 0.159. The Labute approximate surface area is 94.3 Å². The van der Waals surface area contributed by atoms with E-state index in [0.717, 1.165) is 5.75 Å². The number of amides is 1. The number of hydrogen-bond donors (Lipinski definition) is 1. The van der Waals surface area contributed by atoms with Gasteiger partial charge in [0.1, 0.15) is 5.37 Å². The average molecular weight is 252 g/mol. The first-order chi connectivity index (χ1) is 6.96. The molecule has 15 heavy (non-hydrogen) atoms. The van der Waals surface area contributed by atoms with Crippen LogP contribution >= 0.6 is 11.8 Å². The number of sulfone groups is 1. The van der Waals surface area contributed by atoms with E-state index >= 15 is 0 Å². The molecule has 5 nitrogen and oxygen atoms in total. The monoisotopic (exact) mass is 252 g/mol. The molecule has 88 valence electrons. The van der Waals surface area contributed by atoms with Crippen molar-refractivity contribution in [2.24, 2.45) is 5.73 Å². The van der Waals surface area contributed by atoms with Crippen molar-refractivity contribution in [1.82, 2.24) is 4.90 Å². The van der Waals surface area contributed by atoms with Gasteiger partial charge in [-0.3, -0.25) is 4.79 Å². The van der Waals surface area contributed by atoms with Crippen molar-refractivity contribution in [2.45, 2.75) is 11.8 Å². The third kappa shape index (κ3) is 3.35. The molecule has 1 saturated heterocycles. The highest BCUT2D eigenvalue weighted by atomic mass is 32.2. The van der Waals surface area contributed by atoms with Crippen LogP contribution in [0.1, 0.15) is 6.42 Å². The average Bonchev–Trinajstić information content (AvgIpc) is 2.17. The second-order valence-corrected chi connectivity index (χ2v) is 6.84. The molecule has 1 aliphatic rings. The van der Waals surface area contributed by atoms with Crippen LogP contribution in [0.5, 0.6) is 0 Å². The van der Waals surface area contributed by atoms with Gasteiger partial charge in [0.2, 0.25) is 5.91 Å². The number of rotatable bonds is 3. The van der Waals surface area contributed by atoms with E-state index in [4.69, 9.17) is 5.73 Å². The smallest absolute Gasteiger partial charge is 0.224 e. The summed E-state index contributed by atoms with van der Waals surface area (Å²) in [5.41, 5.74) is 5.29. The van der Waals surface area contributed by atoms with Crippen LogP contribution in [0.3, 0.4) is 0 Å². The second-order valence-electron chi connectivity index (χ2n) is 3.48. The summed E-state index contributed by atoms with van der Waals surface area (Å²) in [6.45, 7) is 0.764. The molecule has 1 rings (SSSR count). The molecular formula is C8H16N2O3S2. The summed E-state index contributed by atoms with van der Waals surface area (Å²) in [5, 5.41) is -0.671. The molecule has 1 heterocycles. The van der Waals surface area contributed by atoms with Crippen LogP contribution < -0.4 is 5.73 Å². The Bertz CT molecular complexity index is 329. The number of carbonyl (C=O) groups is 1. The highest BCUT2D eigenvalue weighted by molar-refractivity contribution is 8.00. The first kappa shape index (κ1) is 12.8.